The van der Waals surface area contributed by atoms with Gasteiger partial charge in [-0.15, -0.1) is 11.8 Å². The monoisotopic (exact) mass is 402 g/mol. The SMILES string of the molecule is CC1(CSc2ccccc2C(=O)Cl)COCCOCCCOCCOC1. The lowest BCUT2D eigenvalue weighted by atomic mass is 9.96. The molecule has 146 valence electrons. The first-order valence-electron chi connectivity index (χ1n) is 8.83. The van der Waals surface area contributed by atoms with Crippen molar-refractivity contribution in [2.45, 2.75) is 18.2 Å². The van der Waals surface area contributed by atoms with Gasteiger partial charge in [0.05, 0.1) is 39.6 Å². The second-order valence-corrected chi connectivity index (χ2v) is 7.91. The average Bonchev–Trinajstić information content (AvgIpc) is 2.64. The van der Waals surface area contributed by atoms with Gasteiger partial charge in [0.15, 0.2) is 0 Å². The molecule has 0 amide bonds. The fourth-order valence-electron chi connectivity index (χ4n) is 2.47. The number of carbonyl (C=O) groups is 1. The van der Waals surface area contributed by atoms with E-state index >= 15 is 0 Å². The Bertz CT molecular complexity index is 540. The Morgan fingerprint density at radius 3 is 2.19 bits per heavy atom. The Balaban J connectivity index is 1.94. The van der Waals surface area contributed by atoms with E-state index in [9.17, 15) is 4.79 Å². The number of carbonyl (C=O) groups excluding carboxylic acids is 1. The van der Waals surface area contributed by atoms with Gasteiger partial charge in [0, 0.05) is 34.8 Å². The number of hydrogen-bond donors (Lipinski definition) is 0. The van der Waals surface area contributed by atoms with Crippen molar-refractivity contribution in [1.29, 1.82) is 0 Å². The van der Waals surface area contributed by atoms with Gasteiger partial charge in [0.2, 0.25) is 0 Å². The third-order valence-electron chi connectivity index (χ3n) is 3.90. The fourth-order valence-corrected chi connectivity index (χ4v) is 3.85. The second-order valence-electron chi connectivity index (χ2n) is 6.55. The molecule has 1 aliphatic rings. The van der Waals surface area contributed by atoms with Gasteiger partial charge in [-0.3, -0.25) is 4.79 Å². The molecule has 2 rings (SSSR count). The Morgan fingerprint density at radius 1 is 1.00 bits per heavy atom. The molecular formula is C19H27ClO5S. The van der Waals surface area contributed by atoms with Gasteiger partial charge >= 0.3 is 0 Å². The molecule has 0 radical (unpaired) electrons. The van der Waals surface area contributed by atoms with Crippen LogP contribution in [0.5, 0.6) is 0 Å². The van der Waals surface area contributed by atoms with E-state index in [4.69, 9.17) is 30.5 Å². The maximum absolute atomic E-state index is 11.6. The van der Waals surface area contributed by atoms with Crippen LogP contribution in [0.2, 0.25) is 0 Å². The predicted octanol–water partition coefficient (Wildman–Crippen LogP) is 3.63. The van der Waals surface area contributed by atoms with Gasteiger partial charge in [0.1, 0.15) is 0 Å². The molecule has 26 heavy (non-hydrogen) atoms. The molecule has 1 aliphatic heterocycles. The van der Waals surface area contributed by atoms with Crippen LogP contribution in [0.15, 0.2) is 29.2 Å². The number of hydrogen-bond acceptors (Lipinski definition) is 6. The van der Waals surface area contributed by atoms with E-state index in [1.165, 1.54) is 0 Å². The quantitative estimate of drug-likeness (QED) is 0.566. The molecule has 1 aromatic carbocycles. The minimum atomic E-state index is -0.439. The van der Waals surface area contributed by atoms with E-state index in [1.807, 2.05) is 18.2 Å². The van der Waals surface area contributed by atoms with E-state index < -0.39 is 5.24 Å². The molecule has 1 fully saturated rings. The van der Waals surface area contributed by atoms with Gasteiger partial charge in [-0.2, -0.15) is 0 Å². The molecule has 0 spiro atoms. The van der Waals surface area contributed by atoms with E-state index in [0.717, 1.165) is 17.1 Å². The summed E-state index contributed by atoms with van der Waals surface area (Å²) in [5, 5.41) is -0.439. The molecule has 0 saturated carbocycles. The summed E-state index contributed by atoms with van der Waals surface area (Å²) < 4.78 is 22.7. The summed E-state index contributed by atoms with van der Waals surface area (Å²) in [6, 6.07) is 7.38. The summed E-state index contributed by atoms with van der Waals surface area (Å²) in [6.07, 6.45) is 0.882. The zero-order valence-electron chi connectivity index (χ0n) is 15.2. The van der Waals surface area contributed by atoms with Crippen LogP contribution in [0, 0.1) is 5.41 Å². The van der Waals surface area contributed by atoms with Crippen LogP contribution in [0.1, 0.15) is 23.7 Å². The molecule has 0 N–H and O–H groups in total. The van der Waals surface area contributed by atoms with Crippen LogP contribution >= 0.6 is 23.4 Å². The summed E-state index contributed by atoms with van der Waals surface area (Å²) >= 11 is 7.28. The minimum Gasteiger partial charge on any atom is -0.379 e. The maximum Gasteiger partial charge on any atom is 0.253 e. The van der Waals surface area contributed by atoms with Gasteiger partial charge in [-0.25, -0.2) is 0 Å². The topological polar surface area (TPSA) is 54.0 Å². The van der Waals surface area contributed by atoms with Crippen LogP contribution in [0.4, 0.5) is 0 Å². The fraction of sp³-hybridized carbons (Fsp3) is 0.632. The van der Waals surface area contributed by atoms with Crippen LogP contribution in [0.3, 0.4) is 0 Å². The van der Waals surface area contributed by atoms with Crippen molar-refractivity contribution in [2.75, 3.05) is 58.6 Å². The van der Waals surface area contributed by atoms with E-state index in [1.54, 1.807) is 17.8 Å². The van der Waals surface area contributed by atoms with Gasteiger partial charge in [0.25, 0.3) is 5.24 Å². The molecule has 0 atom stereocenters. The first-order valence-corrected chi connectivity index (χ1v) is 10.2. The van der Waals surface area contributed by atoms with Crippen molar-refractivity contribution in [3.63, 3.8) is 0 Å². The lowest BCUT2D eigenvalue weighted by Gasteiger charge is -2.29. The molecule has 7 heteroatoms. The highest BCUT2D eigenvalue weighted by atomic mass is 35.5. The Kier molecular flexibility index (Phi) is 9.96. The highest BCUT2D eigenvalue weighted by Gasteiger charge is 2.26. The zero-order chi connectivity index (χ0) is 18.7. The van der Waals surface area contributed by atoms with Crippen molar-refractivity contribution in [3.8, 4) is 0 Å². The summed E-state index contributed by atoms with van der Waals surface area (Å²) in [5.74, 6) is 0.746. The maximum atomic E-state index is 11.6. The number of halogens is 1. The summed E-state index contributed by atoms with van der Waals surface area (Å²) in [6.45, 7) is 6.86. The van der Waals surface area contributed by atoms with Crippen LogP contribution in [-0.2, 0) is 18.9 Å². The normalized spacial score (nSPS) is 20.2. The third-order valence-corrected chi connectivity index (χ3v) is 5.61. The van der Waals surface area contributed by atoms with Gasteiger partial charge in [-0.1, -0.05) is 19.1 Å². The Morgan fingerprint density at radius 2 is 1.58 bits per heavy atom. The van der Waals surface area contributed by atoms with Gasteiger partial charge in [-0.05, 0) is 30.2 Å². The highest BCUT2D eigenvalue weighted by Crippen LogP contribution is 2.31. The van der Waals surface area contributed by atoms with Crippen molar-refractivity contribution >= 4 is 28.6 Å². The first-order chi connectivity index (χ1) is 12.6. The van der Waals surface area contributed by atoms with E-state index in [-0.39, 0.29) is 5.41 Å². The Hall–Kier alpha value is -0.630. The standard InChI is InChI=1S/C19H27ClO5S/c1-19(15-26-17-6-3-2-5-16(17)18(20)21)13-24-11-9-22-7-4-8-23-10-12-25-14-19/h2-3,5-6H,4,7-15H2,1H3. The molecule has 1 aromatic rings. The smallest absolute Gasteiger partial charge is 0.253 e. The van der Waals surface area contributed by atoms with Crippen molar-refractivity contribution in [1.82, 2.24) is 0 Å². The number of thioether (sulfide) groups is 1. The van der Waals surface area contributed by atoms with Crippen LogP contribution in [-0.4, -0.2) is 63.9 Å². The van der Waals surface area contributed by atoms with Crippen molar-refractivity contribution in [3.05, 3.63) is 29.8 Å². The van der Waals surface area contributed by atoms with E-state index in [0.29, 0.717) is 58.4 Å². The van der Waals surface area contributed by atoms with E-state index in [2.05, 4.69) is 6.92 Å². The second kappa shape index (κ2) is 12.0. The predicted molar refractivity (Wildman–Crippen MR) is 103 cm³/mol. The summed E-state index contributed by atoms with van der Waals surface area (Å²) in [4.78, 5) is 12.5. The van der Waals surface area contributed by atoms with Crippen LogP contribution < -0.4 is 0 Å². The molecule has 0 bridgehead atoms. The number of ether oxygens (including phenoxy) is 4. The highest BCUT2D eigenvalue weighted by molar-refractivity contribution is 7.99. The summed E-state index contributed by atoms with van der Waals surface area (Å²) in [5.41, 5.74) is 0.337. The molecule has 1 saturated heterocycles. The lowest BCUT2D eigenvalue weighted by molar-refractivity contribution is -0.0404. The number of benzene rings is 1. The number of rotatable bonds is 4. The Labute approximate surface area is 164 Å². The molecule has 0 aromatic heterocycles. The molecule has 0 unspecified atom stereocenters. The first kappa shape index (κ1) is 21.7. The zero-order valence-corrected chi connectivity index (χ0v) is 16.8. The average molecular weight is 403 g/mol. The largest absolute Gasteiger partial charge is 0.379 e. The van der Waals surface area contributed by atoms with Crippen LogP contribution in [0.25, 0.3) is 0 Å². The van der Waals surface area contributed by atoms with Crippen molar-refractivity contribution in [2.24, 2.45) is 5.41 Å². The van der Waals surface area contributed by atoms with Crippen molar-refractivity contribution < 1.29 is 23.7 Å². The lowest BCUT2D eigenvalue weighted by Crippen LogP contribution is -2.33. The molecular weight excluding hydrogens is 376 g/mol. The minimum absolute atomic E-state index is 0.197. The molecule has 5 nitrogen and oxygen atoms in total. The molecule has 1 heterocycles. The van der Waals surface area contributed by atoms with Gasteiger partial charge < -0.3 is 18.9 Å². The summed E-state index contributed by atoms with van der Waals surface area (Å²) in [7, 11) is 0. The third kappa shape index (κ3) is 7.94. The molecule has 0 aliphatic carbocycles.